The Hall–Kier alpha value is -2.38. The number of hydrogen-bond acceptors (Lipinski definition) is 4. The first-order valence-electron chi connectivity index (χ1n) is 11.6. The molecule has 1 amide bonds. The zero-order valence-corrected chi connectivity index (χ0v) is 19.8. The van der Waals surface area contributed by atoms with Crippen LogP contribution in [-0.2, 0) is 14.6 Å². The van der Waals surface area contributed by atoms with Gasteiger partial charge in [-0.15, -0.1) is 0 Å². The number of sulfone groups is 1. The van der Waals surface area contributed by atoms with Crippen LogP contribution in [0.5, 0.6) is 0 Å². The van der Waals surface area contributed by atoms with Crippen LogP contribution in [0.1, 0.15) is 74.1 Å². The highest BCUT2D eigenvalue weighted by atomic mass is 35.5. The average molecular weight is 487 g/mol. The van der Waals surface area contributed by atoms with Gasteiger partial charge in [0.15, 0.2) is 9.84 Å². The lowest BCUT2D eigenvalue weighted by Gasteiger charge is -2.16. The van der Waals surface area contributed by atoms with E-state index in [-0.39, 0.29) is 32.7 Å². The fraction of sp³-hybridized carbons (Fsp3) is 0.440. The van der Waals surface area contributed by atoms with Gasteiger partial charge in [0.25, 0.3) is 5.56 Å². The first kappa shape index (κ1) is 22.4. The molecule has 1 atom stereocenters. The first-order chi connectivity index (χ1) is 15.8. The van der Waals surface area contributed by atoms with Gasteiger partial charge >= 0.3 is 0 Å². The Labute approximate surface area is 198 Å². The molecule has 0 unspecified atom stereocenters. The Morgan fingerprint density at radius 3 is 2.36 bits per heavy atom. The molecule has 2 aliphatic carbocycles. The van der Waals surface area contributed by atoms with Crippen molar-refractivity contribution in [3.8, 4) is 0 Å². The second-order valence-electron chi connectivity index (χ2n) is 9.32. The van der Waals surface area contributed by atoms with E-state index in [4.69, 9.17) is 11.6 Å². The van der Waals surface area contributed by atoms with Gasteiger partial charge in [0.2, 0.25) is 5.91 Å². The van der Waals surface area contributed by atoms with Crippen LogP contribution >= 0.6 is 11.6 Å². The summed E-state index contributed by atoms with van der Waals surface area (Å²) in [6, 6.07) is 8.55. The molecule has 3 fully saturated rings. The molecule has 2 heterocycles. The second kappa shape index (κ2) is 8.76. The molecule has 174 valence electrons. The van der Waals surface area contributed by atoms with Gasteiger partial charge in [0.05, 0.1) is 15.2 Å². The largest absolute Gasteiger partial charge is 0.350 e. The van der Waals surface area contributed by atoms with Crippen molar-refractivity contribution in [1.29, 1.82) is 0 Å². The summed E-state index contributed by atoms with van der Waals surface area (Å²) in [5, 5.41) is 2.73. The summed E-state index contributed by atoms with van der Waals surface area (Å²) in [6.45, 7) is 0. The van der Waals surface area contributed by atoms with Crippen molar-refractivity contribution in [2.24, 2.45) is 0 Å². The van der Waals surface area contributed by atoms with Crippen molar-refractivity contribution in [2.45, 2.75) is 73.5 Å². The molecule has 1 aromatic carbocycles. The normalized spacial score (nSPS) is 22.0. The molecule has 2 N–H and O–H groups in total. The monoisotopic (exact) mass is 486 g/mol. The number of pyridine rings is 1. The molecule has 0 bridgehead atoms. The van der Waals surface area contributed by atoms with Crippen LogP contribution in [0.2, 0.25) is 5.02 Å². The van der Waals surface area contributed by atoms with Crippen LogP contribution in [-0.4, -0.2) is 30.6 Å². The number of hydrogen-bond donors (Lipinski definition) is 2. The molecule has 1 saturated heterocycles. The third-order valence-corrected chi connectivity index (χ3v) is 9.68. The summed E-state index contributed by atoms with van der Waals surface area (Å²) in [4.78, 5) is 27.6. The molecular formula is C25H27ClN2O4S. The van der Waals surface area contributed by atoms with Crippen LogP contribution in [0.3, 0.4) is 0 Å². The van der Waals surface area contributed by atoms with Crippen molar-refractivity contribution in [3.05, 3.63) is 68.6 Å². The SMILES string of the molecule is O=C1CC[C@H](/C=C(/c2ccc(S(=O)(=O)C3CCCC3)c(Cl)c2)c2ccc(C3CC3)c(=O)[nH]2)N1. The number of benzene rings is 1. The summed E-state index contributed by atoms with van der Waals surface area (Å²) < 4.78 is 26.2. The van der Waals surface area contributed by atoms with E-state index in [1.54, 1.807) is 18.2 Å². The topological polar surface area (TPSA) is 96.1 Å². The van der Waals surface area contributed by atoms with Gasteiger partial charge in [-0.3, -0.25) is 9.59 Å². The molecule has 8 heteroatoms. The minimum Gasteiger partial charge on any atom is -0.350 e. The number of halogens is 1. The number of aromatic amines is 1. The van der Waals surface area contributed by atoms with E-state index in [1.807, 2.05) is 18.2 Å². The number of nitrogens with one attached hydrogen (secondary N) is 2. The van der Waals surface area contributed by atoms with E-state index in [2.05, 4.69) is 10.3 Å². The van der Waals surface area contributed by atoms with Crippen LogP contribution in [0.4, 0.5) is 0 Å². The van der Waals surface area contributed by atoms with Crippen molar-refractivity contribution in [1.82, 2.24) is 10.3 Å². The second-order valence-corrected chi connectivity index (χ2v) is 11.9. The number of H-pyrrole nitrogens is 1. The van der Waals surface area contributed by atoms with E-state index in [1.165, 1.54) is 0 Å². The Morgan fingerprint density at radius 2 is 1.76 bits per heavy atom. The van der Waals surface area contributed by atoms with Crippen LogP contribution < -0.4 is 10.9 Å². The summed E-state index contributed by atoms with van der Waals surface area (Å²) in [5.74, 6) is 0.322. The van der Waals surface area contributed by atoms with Crippen molar-refractivity contribution >= 4 is 32.9 Å². The standard InChI is InChI=1S/C25H27ClN2O4S/c26-21-13-16(7-11-23(21)33(31,32)18-3-1-2-4-18)20(14-17-8-12-24(29)27-17)22-10-9-19(15-5-6-15)25(30)28-22/h7,9-11,13-15,17-18H,1-6,8,12H2,(H,27,29)(H,28,30)/b20-14-/t17-/m1/s1. The number of rotatable bonds is 6. The van der Waals surface area contributed by atoms with Crippen LogP contribution in [0, 0.1) is 0 Å². The minimum absolute atomic E-state index is 0.00999. The maximum Gasteiger partial charge on any atom is 0.251 e. The molecule has 5 rings (SSSR count). The molecule has 0 radical (unpaired) electrons. The van der Waals surface area contributed by atoms with Gasteiger partial charge < -0.3 is 10.3 Å². The zero-order valence-electron chi connectivity index (χ0n) is 18.3. The summed E-state index contributed by atoms with van der Waals surface area (Å²) in [7, 11) is -3.49. The third-order valence-electron chi connectivity index (χ3n) is 6.93. The number of aromatic nitrogens is 1. The molecule has 2 saturated carbocycles. The lowest BCUT2D eigenvalue weighted by atomic mass is 9.98. The molecule has 3 aliphatic rings. The smallest absolute Gasteiger partial charge is 0.251 e. The lowest BCUT2D eigenvalue weighted by molar-refractivity contribution is -0.119. The van der Waals surface area contributed by atoms with E-state index in [0.717, 1.165) is 31.2 Å². The molecular weight excluding hydrogens is 460 g/mol. The minimum atomic E-state index is -3.49. The van der Waals surface area contributed by atoms with E-state index in [9.17, 15) is 18.0 Å². The van der Waals surface area contributed by atoms with Gasteiger partial charge in [-0.2, -0.15) is 0 Å². The molecule has 1 aromatic heterocycles. The molecule has 2 aromatic rings. The van der Waals surface area contributed by atoms with Gasteiger partial charge in [0, 0.05) is 29.3 Å². The molecule has 6 nitrogen and oxygen atoms in total. The first-order valence-corrected chi connectivity index (χ1v) is 13.5. The Bertz CT molecular complexity index is 1290. The summed E-state index contributed by atoms with van der Waals surface area (Å²) in [6.07, 6.45) is 8.28. The van der Waals surface area contributed by atoms with Gasteiger partial charge in [-0.05, 0) is 61.8 Å². The maximum absolute atomic E-state index is 13.1. The van der Waals surface area contributed by atoms with E-state index >= 15 is 0 Å². The van der Waals surface area contributed by atoms with Crippen molar-refractivity contribution in [2.75, 3.05) is 0 Å². The molecule has 0 spiro atoms. The average Bonchev–Trinajstić information content (AvgIpc) is 3.28. The van der Waals surface area contributed by atoms with Crippen LogP contribution in [0.25, 0.3) is 5.57 Å². The Kier molecular flexibility index (Phi) is 5.95. The quantitative estimate of drug-likeness (QED) is 0.635. The van der Waals surface area contributed by atoms with Crippen molar-refractivity contribution in [3.63, 3.8) is 0 Å². The Morgan fingerprint density at radius 1 is 1.00 bits per heavy atom. The lowest BCUT2D eigenvalue weighted by Crippen LogP contribution is -2.24. The molecule has 1 aliphatic heterocycles. The van der Waals surface area contributed by atoms with Gasteiger partial charge in [-0.1, -0.05) is 42.7 Å². The van der Waals surface area contributed by atoms with Gasteiger partial charge in [0.1, 0.15) is 0 Å². The number of carbonyl (C=O) groups excluding carboxylic acids is 1. The fourth-order valence-corrected chi connectivity index (χ4v) is 7.35. The number of amides is 1. The highest BCUT2D eigenvalue weighted by Gasteiger charge is 2.32. The maximum atomic E-state index is 13.1. The van der Waals surface area contributed by atoms with Crippen LogP contribution in [0.15, 0.2) is 46.1 Å². The van der Waals surface area contributed by atoms with E-state index < -0.39 is 9.84 Å². The summed E-state index contributed by atoms with van der Waals surface area (Å²) >= 11 is 6.52. The number of carbonyl (C=O) groups is 1. The molecule has 33 heavy (non-hydrogen) atoms. The highest BCUT2D eigenvalue weighted by Crippen LogP contribution is 2.39. The summed E-state index contributed by atoms with van der Waals surface area (Å²) in [5.41, 5.74) is 2.72. The zero-order chi connectivity index (χ0) is 23.2. The van der Waals surface area contributed by atoms with E-state index in [0.29, 0.717) is 48.4 Å². The third kappa shape index (κ3) is 4.53. The fourth-order valence-electron chi connectivity index (χ4n) is 4.94. The predicted octanol–water partition coefficient (Wildman–Crippen LogP) is 4.33. The predicted molar refractivity (Wildman–Crippen MR) is 128 cm³/mol. The van der Waals surface area contributed by atoms with Crippen molar-refractivity contribution < 1.29 is 13.2 Å². The van der Waals surface area contributed by atoms with Gasteiger partial charge in [-0.25, -0.2) is 8.42 Å². The Balaban J connectivity index is 1.55. The highest BCUT2D eigenvalue weighted by molar-refractivity contribution is 7.92.